The molecule has 1 aliphatic heterocycles. The van der Waals surface area contributed by atoms with Crippen LogP contribution in [-0.2, 0) is 14.4 Å². The molecule has 1 rings (SSSR count). The molecular weight excluding hydrogens is 400 g/mol. The van der Waals surface area contributed by atoms with Crippen LogP contribution in [-0.4, -0.2) is 134 Å². The number of carbonyl (C=O) groups excluding carboxylic acids is 2. The molecule has 1 saturated heterocycles. The van der Waals surface area contributed by atoms with Crippen LogP contribution in [0.5, 0.6) is 0 Å². The topological polar surface area (TPSA) is 108 Å². The number of amides is 2. The van der Waals surface area contributed by atoms with Crippen molar-refractivity contribution in [2.75, 3.05) is 85.6 Å². The monoisotopic (exact) mass is 442 g/mol. The highest BCUT2D eigenvalue weighted by atomic mass is 16.4. The van der Waals surface area contributed by atoms with Crippen LogP contribution in [0, 0.1) is 0 Å². The number of hydrogen-bond donors (Lipinski definition) is 3. The van der Waals surface area contributed by atoms with Crippen LogP contribution >= 0.6 is 0 Å². The lowest BCUT2D eigenvalue weighted by Gasteiger charge is -2.32. The van der Waals surface area contributed by atoms with E-state index in [0.717, 1.165) is 32.7 Å². The molecule has 0 aliphatic carbocycles. The van der Waals surface area contributed by atoms with Crippen LogP contribution < -0.4 is 10.6 Å². The number of carboxylic acids is 1. The normalized spacial score (nSPS) is 19.7. The van der Waals surface area contributed by atoms with Crippen LogP contribution in [0.4, 0.5) is 0 Å². The molecule has 0 aromatic rings. The lowest BCUT2D eigenvalue weighted by atomic mass is 10.2. The van der Waals surface area contributed by atoms with Crippen molar-refractivity contribution in [3.05, 3.63) is 0 Å². The Bertz CT molecular complexity index is 562. The van der Waals surface area contributed by atoms with Gasteiger partial charge in [0.05, 0.1) is 13.1 Å². The average Bonchev–Trinajstić information content (AvgIpc) is 2.72. The van der Waals surface area contributed by atoms with Crippen LogP contribution in [0.1, 0.15) is 27.2 Å². The molecule has 31 heavy (non-hydrogen) atoms. The molecule has 1 fully saturated rings. The van der Waals surface area contributed by atoms with Gasteiger partial charge < -0.3 is 25.5 Å². The van der Waals surface area contributed by atoms with Crippen molar-refractivity contribution in [1.82, 2.24) is 30.2 Å². The van der Waals surface area contributed by atoms with Crippen molar-refractivity contribution in [2.45, 2.75) is 33.2 Å². The molecule has 0 radical (unpaired) electrons. The van der Waals surface area contributed by atoms with E-state index in [1.54, 1.807) is 0 Å². The highest BCUT2D eigenvalue weighted by Crippen LogP contribution is 2.00. The third-order valence-corrected chi connectivity index (χ3v) is 5.65. The second-order valence-corrected chi connectivity index (χ2v) is 8.11. The van der Waals surface area contributed by atoms with Gasteiger partial charge >= 0.3 is 5.97 Å². The molecule has 2 amide bonds. The average molecular weight is 443 g/mol. The van der Waals surface area contributed by atoms with Crippen molar-refractivity contribution in [3.63, 3.8) is 0 Å². The number of nitrogens with one attached hydrogen (secondary N) is 2. The SMILES string of the molecule is CCNC(=O)C(CC)NC(=O)CN1CCN(CC)CCN(C)CCN(CC(=O)O)CC1. The fraction of sp³-hybridized carbons (Fsp3) is 0.857. The van der Waals surface area contributed by atoms with Gasteiger partial charge in [-0.05, 0) is 26.9 Å². The first-order valence-corrected chi connectivity index (χ1v) is 11.4. The van der Waals surface area contributed by atoms with Gasteiger partial charge in [-0.15, -0.1) is 0 Å². The minimum Gasteiger partial charge on any atom is -0.480 e. The summed E-state index contributed by atoms with van der Waals surface area (Å²) >= 11 is 0. The van der Waals surface area contributed by atoms with Gasteiger partial charge in [0.15, 0.2) is 0 Å². The van der Waals surface area contributed by atoms with E-state index in [1.165, 1.54) is 0 Å². The van der Waals surface area contributed by atoms with E-state index < -0.39 is 12.0 Å². The molecule has 0 aromatic heterocycles. The number of nitrogens with zero attached hydrogens (tertiary/aromatic N) is 4. The minimum absolute atomic E-state index is 0.00986. The van der Waals surface area contributed by atoms with Crippen molar-refractivity contribution in [1.29, 1.82) is 0 Å². The fourth-order valence-electron chi connectivity index (χ4n) is 3.55. The summed E-state index contributed by atoms with van der Waals surface area (Å²) in [6.45, 7) is 13.5. The van der Waals surface area contributed by atoms with Gasteiger partial charge in [0.1, 0.15) is 6.04 Å². The lowest BCUT2D eigenvalue weighted by molar-refractivity contribution is -0.138. The van der Waals surface area contributed by atoms with Gasteiger partial charge in [-0.3, -0.25) is 24.2 Å². The molecule has 180 valence electrons. The summed E-state index contributed by atoms with van der Waals surface area (Å²) in [6.07, 6.45) is 0.529. The first-order chi connectivity index (χ1) is 14.8. The maximum Gasteiger partial charge on any atom is 0.317 e. The molecule has 0 saturated carbocycles. The van der Waals surface area contributed by atoms with Crippen molar-refractivity contribution < 1.29 is 19.5 Å². The van der Waals surface area contributed by atoms with E-state index in [4.69, 9.17) is 0 Å². The maximum atomic E-state index is 12.7. The zero-order valence-corrected chi connectivity index (χ0v) is 19.7. The number of rotatable bonds is 9. The third-order valence-electron chi connectivity index (χ3n) is 5.65. The van der Waals surface area contributed by atoms with E-state index in [1.807, 2.05) is 18.7 Å². The van der Waals surface area contributed by atoms with Crippen LogP contribution in [0.25, 0.3) is 0 Å². The first kappa shape index (κ1) is 27.3. The number of carbonyl (C=O) groups is 3. The fourth-order valence-corrected chi connectivity index (χ4v) is 3.55. The van der Waals surface area contributed by atoms with Crippen LogP contribution in [0.2, 0.25) is 0 Å². The van der Waals surface area contributed by atoms with Gasteiger partial charge in [-0.2, -0.15) is 0 Å². The molecular formula is C21H42N6O4. The van der Waals surface area contributed by atoms with Crippen molar-refractivity contribution >= 4 is 17.8 Å². The summed E-state index contributed by atoms with van der Waals surface area (Å²) < 4.78 is 0. The van der Waals surface area contributed by atoms with Gasteiger partial charge in [0, 0.05) is 58.9 Å². The summed E-state index contributed by atoms with van der Waals surface area (Å²) in [5.74, 6) is -1.19. The van der Waals surface area contributed by atoms with E-state index in [-0.39, 0.29) is 24.9 Å². The Morgan fingerprint density at radius 2 is 1.35 bits per heavy atom. The molecule has 10 nitrogen and oxygen atoms in total. The maximum absolute atomic E-state index is 12.7. The standard InChI is InChI=1S/C21H42N6O4/c1-5-18(21(31)22-6-2)23-19(28)16-26-13-12-25(7-3)10-8-24(4)9-11-27(15-14-26)17-20(29)30/h18H,5-17H2,1-4H3,(H,22,31)(H,23,28)(H,29,30). The Balaban J connectivity index is 2.79. The Morgan fingerprint density at radius 1 is 0.839 bits per heavy atom. The van der Waals surface area contributed by atoms with Crippen LogP contribution in [0.15, 0.2) is 0 Å². The molecule has 3 N–H and O–H groups in total. The number of carboxylic acid groups (broad SMARTS) is 1. The molecule has 10 heteroatoms. The Labute approximate surface area is 186 Å². The van der Waals surface area contributed by atoms with Crippen LogP contribution in [0.3, 0.4) is 0 Å². The van der Waals surface area contributed by atoms with Gasteiger partial charge in [0.2, 0.25) is 11.8 Å². The van der Waals surface area contributed by atoms with E-state index in [0.29, 0.717) is 39.1 Å². The predicted molar refractivity (Wildman–Crippen MR) is 121 cm³/mol. The highest BCUT2D eigenvalue weighted by Gasteiger charge is 2.21. The molecule has 0 spiro atoms. The number of likely N-dealkylation sites (N-methyl/N-ethyl adjacent to an activating group) is 3. The highest BCUT2D eigenvalue weighted by molar-refractivity contribution is 5.88. The smallest absolute Gasteiger partial charge is 0.317 e. The van der Waals surface area contributed by atoms with Gasteiger partial charge in [-0.1, -0.05) is 13.8 Å². The quantitative estimate of drug-likeness (QED) is 0.416. The largest absolute Gasteiger partial charge is 0.480 e. The third kappa shape index (κ3) is 11.4. The zero-order chi connectivity index (χ0) is 23.2. The number of hydrogen-bond acceptors (Lipinski definition) is 7. The van der Waals surface area contributed by atoms with Gasteiger partial charge in [0.25, 0.3) is 0 Å². The number of aliphatic carboxylic acids is 1. The molecule has 0 aromatic carbocycles. The molecule has 1 heterocycles. The summed E-state index contributed by atoms with van der Waals surface area (Å²) in [6, 6.07) is -0.536. The zero-order valence-electron chi connectivity index (χ0n) is 19.7. The molecule has 1 aliphatic rings. The summed E-state index contributed by atoms with van der Waals surface area (Å²) in [4.78, 5) is 44.6. The second kappa shape index (κ2) is 15.1. The lowest BCUT2D eigenvalue weighted by Crippen LogP contribution is -2.51. The Morgan fingerprint density at radius 3 is 1.87 bits per heavy atom. The van der Waals surface area contributed by atoms with E-state index >= 15 is 0 Å². The Hall–Kier alpha value is -1.75. The Kier molecular flexibility index (Phi) is 13.3. The van der Waals surface area contributed by atoms with E-state index in [2.05, 4.69) is 39.3 Å². The van der Waals surface area contributed by atoms with Crippen molar-refractivity contribution in [2.24, 2.45) is 0 Å². The van der Waals surface area contributed by atoms with Crippen molar-refractivity contribution in [3.8, 4) is 0 Å². The summed E-state index contributed by atoms with van der Waals surface area (Å²) in [7, 11) is 2.06. The summed E-state index contributed by atoms with van der Waals surface area (Å²) in [5.41, 5.74) is 0. The van der Waals surface area contributed by atoms with E-state index in [9.17, 15) is 19.5 Å². The molecule has 1 unspecified atom stereocenters. The molecule has 1 atom stereocenters. The molecule has 0 bridgehead atoms. The predicted octanol–water partition coefficient (Wildman–Crippen LogP) is -1.03. The van der Waals surface area contributed by atoms with Gasteiger partial charge in [-0.25, -0.2) is 0 Å². The minimum atomic E-state index is -0.844. The second-order valence-electron chi connectivity index (χ2n) is 8.11. The first-order valence-electron chi connectivity index (χ1n) is 11.4. The summed E-state index contributed by atoms with van der Waals surface area (Å²) in [5, 5.41) is 14.8.